The molecule has 11 heteroatoms. The first kappa shape index (κ1) is 19.1. The lowest BCUT2D eigenvalue weighted by Crippen LogP contribution is -2.55. The first-order valence-electron chi connectivity index (χ1n) is 8.89. The second kappa shape index (κ2) is 7.49. The Morgan fingerprint density at radius 3 is 2.69 bits per heavy atom. The van der Waals surface area contributed by atoms with Crippen molar-refractivity contribution in [2.75, 3.05) is 27.2 Å². The molecule has 26 heavy (non-hydrogen) atoms. The Balaban J connectivity index is 1.52. The van der Waals surface area contributed by atoms with E-state index in [0.717, 1.165) is 37.1 Å². The molecule has 0 aromatic carbocycles. The van der Waals surface area contributed by atoms with Crippen LogP contribution in [-0.2, 0) is 30.1 Å². The summed E-state index contributed by atoms with van der Waals surface area (Å²) in [4.78, 5) is 12.3. The Morgan fingerprint density at radius 2 is 1.96 bits per heavy atom. The number of carbonyl (C=O) groups is 1. The first-order chi connectivity index (χ1) is 12.3. The zero-order valence-corrected chi connectivity index (χ0v) is 16.3. The monoisotopic (exact) mass is 385 g/mol. The van der Waals surface area contributed by atoms with Crippen LogP contribution in [0.2, 0.25) is 0 Å². The number of hydrogen-bond acceptors (Lipinski definition) is 5. The molecule has 1 aliphatic carbocycles. The number of hydrogen-bond donors (Lipinski definition) is 2. The number of amides is 2. The Hall–Kier alpha value is -1.72. The molecule has 1 aliphatic heterocycles. The van der Waals surface area contributed by atoms with Gasteiger partial charge in [-0.05, 0) is 25.7 Å². The number of urea groups is 1. The molecule has 2 amide bonds. The van der Waals surface area contributed by atoms with E-state index >= 15 is 0 Å². The maximum absolute atomic E-state index is 12.3. The first-order valence-corrected chi connectivity index (χ1v) is 10.3. The SMILES string of the molecule is CN(C)S(=O)(=O)N1CCC[C@@H](NC(=O)NC2CCc3c(nnn3C)C2)C1. The number of piperidine rings is 1. The van der Waals surface area contributed by atoms with Crippen molar-refractivity contribution >= 4 is 16.2 Å². The van der Waals surface area contributed by atoms with E-state index in [1.807, 2.05) is 7.05 Å². The van der Waals surface area contributed by atoms with Gasteiger partial charge in [0.25, 0.3) is 10.2 Å². The minimum absolute atomic E-state index is 0.0180. The summed E-state index contributed by atoms with van der Waals surface area (Å²) in [5.74, 6) is 0. The summed E-state index contributed by atoms with van der Waals surface area (Å²) in [7, 11) is 1.46. The summed E-state index contributed by atoms with van der Waals surface area (Å²) in [5.41, 5.74) is 2.06. The van der Waals surface area contributed by atoms with Gasteiger partial charge in [0.05, 0.1) is 11.4 Å². The minimum Gasteiger partial charge on any atom is -0.335 e. The zero-order valence-electron chi connectivity index (χ0n) is 15.5. The van der Waals surface area contributed by atoms with E-state index in [4.69, 9.17) is 0 Å². The van der Waals surface area contributed by atoms with E-state index < -0.39 is 10.2 Å². The molecule has 146 valence electrons. The largest absolute Gasteiger partial charge is 0.335 e. The van der Waals surface area contributed by atoms with Crippen LogP contribution < -0.4 is 10.6 Å². The van der Waals surface area contributed by atoms with Crippen LogP contribution in [0.4, 0.5) is 4.79 Å². The third kappa shape index (κ3) is 3.99. The van der Waals surface area contributed by atoms with E-state index in [1.165, 1.54) is 22.7 Å². The van der Waals surface area contributed by atoms with Crippen molar-refractivity contribution in [3.63, 3.8) is 0 Å². The molecule has 2 heterocycles. The molecule has 0 bridgehead atoms. The van der Waals surface area contributed by atoms with Crippen molar-refractivity contribution in [3.8, 4) is 0 Å². The maximum Gasteiger partial charge on any atom is 0.315 e. The van der Waals surface area contributed by atoms with E-state index in [2.05, 4.69) is 20.9 Å². The Bertz CT molecular complexity index is 761. The summed E-state index contributed by atoms with van der Waals surface area (Å²) in [5, 5.41) is 14.1. The van der Waals surface area contributed by atoms with Crippen LogP contribution in [0.3, 0.4) is 0 Å². The smallest absolute Gasteiger partial charge is 0.315 e. The summed E-state index contributed by atoms with van der Waals surface area (Å²) in [6.45, 7) is 0.783. The molecule has 2 N–H and O–H groups in total. The normalized spacial score (nSPS) is 24.3. The van der Waals surface area contributed by atoms with Gasteiger partial charge in [-0.25, -0.2) is 4.79 Å². The van der Waals surface area contributed by atoms with Crippen molar-refractivity contribution in [2.24, 2.45) is 7.05 Å². The Labute approximate surface area is 154 Å². The van der Waals surface area contributed by atoms with Gasteiger partial charge in [0.15, 0.2) is 0 Å². The Morgan fingerprint density at radius 1 is 1.23 bits per heavy atom. The number of aryl methyl sites for hydroxylation is 1. The molecule has 1 unspecified atom stereocenters. The average molecular weight is 385 g/mol. The molecule has 0 spiro atoms. The van der Waals surface area contributed by atoms with Crippen molar-refractivity contribution in [2.45, 2.75) is 44.2 Å². The highest BCUT2D eigenvalue weighted by atomic mass is 32.2. The second-order valence-electron chi connectivity index (χ2n) is 7.15. The Kier molecular flexibility index (Phi) is 5.49. The molecule has 3 rings (SSSR count). The number of aromatic nitrogens is 3. The van der Waals surface area contributed by atoms with Crippen LogP contribution in [0, 0.1) is 0 Å². The summed E-state index contributed by atoms with van der Waals surface area (Å²) < 4.78 is 28.9. The summed E-state index contributed by atoms with van der Waals surface area (Å²) >= 11 is 0. The predicted octanol–water partition coefficient (Wildman–Crippen LogP) is -0.758. The van der Waals surface area contributed by atoms with Gasteiger partial charge in [-0.1, -0.05) is 5.21 Å². The fourth-order valence-corrected chi connectivity index (χ4v) is 4.76. The number of carbonyl (C=O) groups excluding carboxylic acids is 1. The van der Waals surface area contributed by atoms with Crippen LogP contribution in [0.5, 0.6) is 0 Å². The van der Waals surface area contributed by atoms with Crippen molar-refractivity contribution < 1.29 is 13.2 Å². The number of nitrogens with one attached hydrogen (secondary N) is 2. The third-order valence-electron chi connectivity index (χ3n) is 5.03. The molecule has 2 atom stereocenters. The highest BCUT2D eigenvalue weighted by Gasteiger charge is 2.31. The van der Waals surface area contributed by atoms with E-state index in [-0.39, 0.29) is 18.1 Å². The van der Waals surface area contributed by atoms with E-state index in [1.54, 1.807) is 4.68 Å². The quantitative estimate of drug-likeness (QED) is 0.708. The average Bonchev–Trinajstić information content (AvgIpc) is 2.95. The third-order valence-corrected chi connectivity index (χ3v) is 6.94. The van der Waals surface area contributed by atoms with Gasteiger partial charge >= 0.3 is 6.03 Å². The lowest BCUT2D eigenvalue weighted by Gasteiger charge is -2.34. The lowest BCUT2D eigenvalue weighted by atomic mass is 9.96. The van der Waals surface area contributed by atoms with Crippen LogP contribution in [0.1, 0.15) is 30.7 Å². The fraction of sp³-hybridized carbons (Fsp3) is 0.800. The van der Waals surface area contributed by atoms with Gasteiger partial charge < -0.3 is 10.6 Å². The number of fused-ring (bicyclic) bond motifs is 1. The van der Waals surface area contributed by atoms with Gasteiger partial charge in [0.2, 0.25) is 0 Å². The van der Waals surface area contributed by atoms with Crippen molar-refractivity contribution in [3.05, 3.63) is 11.4 Å². The van der Waals surface area contributed by atoms with E-state index in [0.29, 0.717) is 19.5 Å². The zero-order chi connectivity index (χ0) is 18.9. The molecule has 0 radical (unpaired) electrons. The van der Waals surface area contributed by atoms with Crippen LogP contribution in [-0.4, -0.2) is 77.3 Å². The van der Waals surface area contributed by atoms with Gasteiger partial charge in [0.1, 0.15) is 0 Å². The standard InChI is InChI=1S/C15H27N7O3S/c1-20(2)26(24,25)22-8-4-5-12(10-22)17-15(23)16-11-6-7-14-13(9-11)18-19-21(14)3/h11-12H,4-10H2,1-3H3,(H2,16,17,23)/t11?,12-/m1/s1. The predicted molar refractivity (Wildman–Crippen MR) is 95.7 cm³/mol. The van der Waals surface area contributed by atoms with Crippen LogP contribution in [0.25, 0.3) is 0 Å². The minimum atomic E-state index is -3.45. The number of nitrogens with zero attached hydrogens (tertiary/aromatic N) is 5. The molecule has 1 aromatic heterocycles. The molecule has 2 aliphatic rings. The van der Waals surface area contributed by atoms with Gasteiger partial charge in [-0.15, -0.1) is 5.10 Å². The van der Waals surface area contributed by atoms with Gasteiger partial charge in [0, 0.05) is 52.7 Å². The van der Waals surface area contributed by atoms with Crippen molar-refractivity contribution in [1.29, 1.82) is 0 Å². The molecular weight excluding hydrogens is 358 g/mol. The van der Waals surface area contributed by atoms with E-state index in [9.17, 15) is 13.2 Å². The summed E-state index contributed by atoms with van der Waals surface area (Å²) in [6.07, 6.45) is 3.84. The topological polar surface area (TPSA) is 112 Å². The highest BCUT2D eigenvalue weighted by Crippen LogP contribution is 2.19. The maximum atomic E-state index is 12.3. The lowest BCUT2D eigenvalue weighted by molar-refractivity contribution is 0.219. The molecule has 1 saturated heterocycles. The summed E-state index contributed by atoms with van der Waals surface area (Å²) in [6, 6.07) is -0.421. The molecule has 1 fully saturated rings. The van der Waals surface area contributed by atoms with Gasteiger partial charge in [-0.3, -0.25) is 4.68 Å². The molecule has 0 saturated carbocycles. The second-order valence-corrected chi connectivity index (χ2v) is 9.29. The molecule has 10 nitrogen and oxygen atoms in total. The fourth-order valence-electron chi connectivity index (χ4n) is 3.57. The van der Waals surface area contributed by atoms with Crippen LogP contribution >= 0.6 is 0 Å². The van der Waals surface area contributed by atoms with Crippen molar-refractivity contribution in [1.82, 2.24) is 34.2 Å². The molecular formula is C15H27N7O3S. The highest BCUT2D eigenvalue weighted by molar-refractivity contribution is 7.86. The van der Waals surface area contributed by atoms with Crippen LogP contribution in [0.15, 0.2) is 0 Å². The number of rotatable bonds is 4. The molecule has 1 aromatic rings. The van der Waals surface area contributed by atoms with Gasteiger partial charge in [-0.2, -0.15) is 17.0 Å².